The van der Waals surface area contributed by atoms with Crippen molar-refractivity contribution in [2.45, 2.75) is 44.9 Å². The number of carbonyl (C=O) groups excluding carboxylic acids is 2. The van der Waals surface area contributed by atoms with E-state index in [1.165, 1.54) is 28.8 Å². The van der Waals surface area contributed by atoms with E-state index in [0.29, 0.717) is 18.1 Å². The van der Waals surface area contributed by atoms with Gasteiger partial charge in [0.25, 0.3) is 0 Å². The number of nitrogens with one attached hydrogen (secondary N) is 1. The van der Waals surface area contributed by atoms with Crippen molar-refractivity contribution in [3.05, 3.63) is 107 Å². The van der Waals surface area contributed by atoms with Gasteiger partial charge in [-0.05, 0) is 48.4 Å². The molecule has 9 heteroatoms. The molecule has 2 amide bonds. The first kappa shape index (κ1) is 27.6. The van der Waals surface area contributed by atoms with E-state index >= 15 is 0 Å². The summed E-state index contributed by atoms with van der Waals surface area (Å²) in [5, 5.41) is 7.71. The molecule has 1 atom stereocenters. The van der Waals surface area contributed by atoms with E-state index in [2.05, 4.69) is 43.2 Å². The first-order valence-electron chi connectivity index (χ1n) is 13.2. The smallest absolute Gasteiger partial charge is 0.240 e. The molecule has 3 heterocycles. The summed E-state index contributed by atoms with van der Waals surface area (Å²) in [5.41, 5.74) is 4.80. The number of fused-ring (bicyclic) bond motifs is 1. The molecular formula is C31H32FN5O2S. The monoisotopic (exact) mass is 557 g/mol. The minimum atomic E-state index is -0.412. The molecule has 2 aromatic heterocycles. The predicted octanol–water partition coefficient (Wildman–Crippen LogP) is 5.50. The van der Waals surface area contributed by atoms with Crippen LogP contribution in [-0.2, 0) is 21.5 Å². The van der Waals surface area contributed by atoms with Crippen LogP contribution in [-0.4, -0.2) is 38.9 Å². The second-order valence-electron chi connectivity index (χ2n) is 10.9. The number of carbonyl (C=O) groups is 2. The maximum absolute atomic E-state index is 14.4. The zero-order chi connectivity index (χ0) is 28.4. The molecule has 7 nitrogen and oxygen atoms in total. The van der Waals surface area contributed by atoms with Crippen molar-refractivity contribution in [2.75, 3.05) is 17.2 Å². The Kier molecular flexibility index (Phi) is 7.76. The quantitative estimate of drug-likeness (QED) is 0.339. The molecule has 0 saturated carbocycles. The summed E-state index contributed by atoms with van der Waals surface area (Å²) in [6.07, 6.45) is 3.33. The Labute approximate surface area is 237 Å². The zero-order valence-electron chi connectivity index (χ0n) is 23.0. The molecule has 2 aromatic carbocycles. The average Bonchev–Trinajstić information content (AvgIpc) is 3.26. The fraction of sp³-hybridized carbons (Fsp3) is 0.290. The van der Waals surface area contributed by atoms with Crippen LogP contribution in [0, 0.1) is 12.7 Å². The highest BCUT2D eigenvalue weighted by molar-refractivity contribution is 8.00. The lowest BCUT2D eigenvalue weighted by molar-refractivity contribution is -0.123. The third kappa shape index (κ3) is 5.79. The number of benzene rings is 2. The van der Waals surface area contributed by atoms with Crippen LogP contribution in [0.5, 0.6) is 0 Å². The maximum atomic E-state index is 14.4. The fourth-order valence-electron chi connectivity index (χ4n) is 4.86. The van der Waals surface area contributed by atoms with Gasteiger partial charge in [0.05, 0.1) is 22.4 Å². The molecular weight excluding hydrogens is 525 g/mol. The Morgan fingerprint density at radius 3 is 2.55 bits per heavy atom. The lowest BCUT2D eigenvalue weighted by Gasteiger charge is -2.24. The lowest BCUT2D eigenvalue weighted by atomic mass is 9.87. The third-order valence-electron chi connectivity index (χ3n) is 6.74. The number of hydrogen-bond donors (Lipinski definition) is 1. The van der Waals surface area contributed by atoms with Crippen molar-refractivity contribution in [3.8, 4) is 5.69 Å². The van der Waals surface area contributed by atoms with Gasteiger partial charge in [0.15, 0.2) is 0 Å². The van der Waals surface area contributed by atoms with Crippen molar-refractivity contribution < 1.29 is 14.0 Å². The van der Waals surface area contributed by atoms with E-state index in [1.54, 1.807) is 29.2 Å². The van der Waals surface area contributed by atoms with Crippen LogP contribution in [0.15, 0.2) is 73.1 Å². The number of thioether (sulfide) groups is 1. The summed E-state index contributed by atoms with van der Waals surface area (Å²) >= 11 is 1.52. The van der Waals surface area contributed by atoms with Gasteiger partial charge in [-0.2, -0.15) is 5.10 Å². The van der Waals surface area contributed by atoms with Gasteiger partial charge in [0, 0.05) is 29.9 Å². The van der Waals surface area contributed by atoms with Crippen LogP contribution in [0.1, 0.15) is 54.0 Å². The van der Waals surface area contributed by atoms with Gasteiger partial charge in [-0.25, -0.2) is 9.07 Å². The zero-order valence-corrected chi connectivity index (χ0v) is 23.8. The summed E-state index contributed by atoms with van der Waals surface area (Å²) < 4.78 is 16.1. The van der Waals surface area contributed by atoms with Crippen molar-refractivity contribution in [3.63, 3.8) is 0 Å². The number of aromatic nitrogens is 3. The number of rotatable bonds is 6. The molecule has 0 saturated heterocycles. The lowest BCUT2D eigenvalue weighted by Crippen LogP contribution is -2.42. The number of aryl methyl sites for hydroxylation is 1. The van der Waals surface area contributed by atoms with Crippen LogP contribution in [0.2, 0.25) is 0 Å². The minimum absolute atomic E-state index is 0.178. The normalized spacial score (nSPS) is 15.5. The van der Waals surface area contributed by atoms with E-state index in [9.17, 15) is 14.0 Å². The molecule has 1 unspecified atom stereocenters. The van der Waals surface area contributed by atoms with Gasteiger partial charge in [-0.3, -0.25) is 19.5 Å². The highest BCUT2D eigenvalue weighted by atomic mass is 32.2. The van der Waals surface area contributed by atoms with E-state index in [-0.39, 0.29) is 29.4 Å². The van der Waals surface area contributed by atoms with Gasteiger partial charge in [-0.1, -0.05) is 56.7 Å². The van der Waals surface area contributed by atoms with Gasteiger partial charge >= 0.3 is 0 Å². The molecule has 0 aliphatic carbocycles. The Bertz CT molecular complexity index is 1550. The van der Waals surface area contributed by atoms with E-state index < -0.39 is 11.2 Å². The summed E-state index contributed by atoms with van der Waals surface area (Å²) in [4.78, 5) is 32.5. The topological polar surface area (TPSA) is 80.1 Å². The summed E-state index contributed by atoms with van der Waals surface area (Å²) in [6.45, 7) is 8.37. The van der Waals surface area contributed by atoms with Crippen molar-refractivity contribution in [1.82, 2.24) is 20.1 Å². The first-order chi connectivity index (χ1) is 19.1. The van der Waals surface area contributed by atoms with E-state index in [1.807, 2.05) is 31.2 Å². The Morgan fingerprint density at radius 1 is 1.10 bits per heavy atom. The standard InChI is InChI=1S/C31H32FN5O2S/c1-20-7-5-8-22(15-20)28-27-29(31(2,3)4)35-37(24-10-6-9-23(32)16-24)30(27)36(26(39)19-40-28)18-25(38)34-17-21-11-13-33-14-12-21/h5-16,28H,17-19H2,1-4H3,(H,34,38). The van der Waals surface area contributed by atoms with Crippen LogP contribution in [0.25, 0.3) is 5.69 Å². The Balaban J connectivity index is 1.66. The van der Waals surface area contributed by atoms with E-state index in [4.69, 9.17) is 5.10 Å². The Morgan fingerprint density at radius 2 is 1.85 bits per heavy atom. The maximum Gasteiger partial charge on any atom is 0.240 e. The number of hydrogen-bond acceptors (Lipinski definition) is 5. The highest BCUT2D eigenvalue weighted by Crippen LogP contribution is 2.48. The largest absolute Gasteiger partial charge is 0.350 e. The number of halogens is 1. The van der Waals surface area contributed by atoms with Gasteiger partial charge in [0.1, 0.15) is 18.2 Å². The molecule has 4 aromatic rings. The van der Waals surface area contributed by atoms with E-state index in [0.717, 1.165) is 27.9 Å². The number of pyridine rings is 1. The minimum Gasteiger partial charge on any atom is -0.350 e. The molecule has 1 aliphatic rings. The van der Waals surface area contributed by atoms with Crippen molar-refractivity contribution in [2.24, 2.45) is 0 Å². The molecule has 5 rings (SSSR count). The fourth-order valence-corrected chi connectivity index (χ4v) is 6.05. The molecule has 1 aliphatic heterocycles. The molecule has 206 valence electrons. The first-order valence-corrected chi connectivity index (χ1v) is 14.2. The Hall–Kier alpha value is -3.98. The van der Waals surface area contributed by atoms with Crippen LogP contribution in [0.3, 0.4) is 0 Å². The second-order valence-corrected chi connectivity index (χ2v) is 12.0. The SMILES string of the molecule is Cc1cccc(C2SCC(=O)N(CC(=O)NCc3ccncc3)c3c2c(C(C)(C)C)nn3-c2cccc(F)c2)c1. The predicted molar refractivity (Wildman–Crippen MR) is 156 cm³/mol. The molecule has 0 bridgehead atoms. The van der Waals surface area contributed by atoms with Crippen LogP contribution >= 0.6 is 11.8 Å². The molecule has 0 radical (unpaired) electrons. The van der Waals surface area contributed by atoms with Gasteiger partial charge in [-0.15, -0.1) is 11.8 Å². The summed E-state index contributed by atoms with van der Waals surface area (Å²) in [5.74, 6) is -0.253. The number of amides is 2. The average molecular weight is 558 g/mol. The summed E-state index contributed by atoms with van der Waals surface area (Å²) in [7, 11) is 0. The van der Waals surface area contributed by atoms with Crippen molar-refractivity contribution >= 4 is 29.4 Å². The van der Waals surface area contributed by atoms with Gasteiger partial charge < -0.3 is 5.32 Å². The molecule has 40 heavy (non-hydrogen) atoms. The molecule has 1 N–H and O–H groups in total. The second kappa shape index (κ2) is 11.3. The highest BCUT2D eigenvalue weighted by Gasteiger charge is 2.40. The van der Waals surface area contributed by atoms with Crippen LogP contribution < -0.4 is 10.2 Å². The van der Waals surface area contributed by atoms with Crippen molar-refractivity contribution in [1.29, 1.82) is 0 Å². The summed E-state index contributed by atoms with van der Waals surface area (Å²) in [6, 6.07) is 18.0. The molecule has 0 spiro atoms. The molecule has 0 fully saturated rings. The van der Waals surface area contributed by atoms with Gasteiger partial charge in [0.2, 0.25) is 11.8 Å². The third-order valence-corrected chi connectivity index (χ3v) is 7.99. The number of nitrogens with zero attached hydrogens (tertiary/aromatic N) is 4. The van der Waals surface area contributed by atoms with Crippen LogP contribution in [0.4, 0.5) is 10.2 Å². The number of anilines is 1.